The number of rotatable bonds is 6. The summed E-state index contributed by atoms with van der Waals surface area (Å²) in [6.07, 6.45) is -4.34. The molecule has 0 fully saturated rings. The largest absolute Gasteiger partial charge is 0.469 e. The van der Waals surface area contributed by atoms with Crippen LogP contribution in [0.4, 0.5) is 13.2 Å². The Labute approximate surface area is 180 Å². The highest BCUT2D eigenvalue weighted by molar-refractivity contribution is 7.90. The standard InChI is InChI=1S/C20H17F3N2O6S/c1-29-19(26)4-2-3-12-9-14-15(6-8-18(24-14)20(21,22)23)25(12)32(27,28)13-5-7-16-17(10-13)31-11-30-16/h5-10H,2-4,11H2,1H3. The maximum atomic E-state index is 13.5. The van der Waals surface area contributed by atoms with Crippen molar-refractivity contribution in [3.8, 4) is 11.5 Å². The van der Waals surface area contributed by atoms with Crippen LogP contribution in [0.3, 0.4) is 0 Å². The molecule has 1 aliphatic rings. The number of halogens is 3. The van der Waals surface area contributed by atoms with Crippen molar-refractivity contribution in [2.75, 3.05) is 13.9 Å². The van der Waals surface area contributed by atoms with E-state index in [4.69, 9.17) is 9.47 Å². The van der Waals surface area contributed by atoms with E-state index in [2.05, 4.69) is 9.72 Å². The number of methoxy groups -OCH3 is 1. The van der Waals surface area contributed by atoms with Gasteiger partial charge < -0.3 is 14.2 Å². The molecule has 0 unspecified atom stereocenters. The second-order valence-corrected chi connectivity index (χ2v) is 8.74. The summed E-state index contributed by atoms with van der Waals surface area (Å²) in [6, 6.07) is 7.14. The summed E-state index contributed by atoms with van der Waals surface area (Å²) in [7, 11) is -3.01. The Balaban J connectivity index is 1.83. The molecule has 170 valence electrons. The van der Waals surface area contributed by atoms with Crippen molar-refractivity contribution in [3.63, 3.8) is 0 Å². The Kier molecular flexibility index (Phi) is 5.49. The third kappa shape index (κ3) is 3.97. The topological polar surface area (TPSA) is 96.7 Å². The van der Waals surface area contributed by atoms with Gasteiger partial charge in [-0.15, -0.1) is 0 Å². The van der Waals surface area contributed by atoms with E-state index in [-0.39, 0.29) is 53.4 Å². The monoisotopic (exact) mass is 470 g/mol. The number of benzene rings is 1. The van der Waals surface area contributed by atoms with Crippen molar-refractivity contribution in [1.82, 2.24) is 8.96 Å². The summed E-state index contributed by atoms with van der Waals surface area (Å²) in [6.45, 7) is -0.0474. The number of carbonyl (C=O) groups is 1. The SMILES string of the molecule is COC(=O)CCCc1cc2nc(C(F)(F)F)ccc2n1S(=O)(=O)c1ccc2c(c1)OCO2. The third-order valence-corrected chi connectivity index (χ3v) is 6.66. The van der Waals surface area contributed by atoms with Gasteiger partial charge in [-0.1, -0.05) is 0 Å². The highest BCUT2D eigenvalue weighted by atomic mass is 32.2. The zero-order chi connectivity index (χ0) is 23.1. The normalized spacial score (nSPS) is 13.5. The molecule has 1 aliphatic heterocycles. The number of esters is 1. The number of hydrogen-bond donors (Lipinski definition) is 0. The molecule has 4 rings (SSSR count). The molecule has 0 saturated carbocycles. The highest BCUT2D eigenvalue weighted by Crippen LogP contribution is 2.36. The fourth-order valence-electron chi connectivity index (χ4n) is 3.39. The van der Waals surface area contributed by atoms with Crippen LogP contribution in [0, 0.1) is 0 Å². The summed E-state index contributed by atoms with van der Waals surface area (Å²) in [5.41, 5.74) is -1.09. The molecule has 3 aromatic rings. The van der Waals surface area contributed by atoms with Gasteiger partial charge in [0.1, 0.15) is 5.69 Å². The van der Waals surface area contributed by atoms with Crippen molar-refractivity contribution in [3.05, 3.63) is 47.8 Å². The van der Waals surface area contributed by atoms with Gasteiger partial charge in [-0.2, -0.15) is 13.2 Å². The van der Waals surface area contributed by atoms with Crippen LogP contribution >= 0.6 is 0 Å². The van der Waals surface area contributed by atoms with Crippen molar-refractivity contribution >= 4 is 27.0 Å². The summed E-state index contributed by atoms with van der Waals surface area (Å²) in [4.78, 5) is 14.9. The summed E-state index contributed by atoms with van der Waals surface area (Å²) in [5.74, 6) is 0.145. The number of ether oxygens (including phenoxy) is 3. The van der Waals surface area contributed by atoms with Gasteiger partial charge in [-0.05, 0) is 43.2 Å². The molecule has 0 atom stereocenters. The number of alkyl halides is 3. The van der Waals surface area contributed by atoms with Crippen LogP contribution in [0.15, 0.2) is 41.3 Å². The number of hydrogen-bond acceptors (Lipinski definition) is 7. The van der Waals surface area contributed by atoms with Gasteiger partial charge in [0, 0.05) is 18.2 Å². The first kappa shape index (κ1) is 21.9. The molecule has 12 heteroatoms. The van der Waals surface area contributed by atoms with Crippen LogP contribution in [-0.4, -0.2) is 37.2 Å². The predicted molar refractivity (Wildman–Crippen MR) is 105 cm³/mol. The van der Waals surface area contributed by atoms with Gasteiger partial charge in [0.25, 0.3) is 10.0 Å². The maximum absolute atomic E-state index is 13.5. The van der Waals surface area contributed by atoms with Gasteiger partial charge in [0.15, 0.2) is 11.5 Å². The Morgan fingerprint density at radius 3 is 2.62 bits per heavy atom. The lowest BCUT2D eigenvalue weighted by Gasteiger charge is -2.13. The summed E-state index contributed by atoms with van der Waals surface area (Å²) >= 11 is 0. The number of pyridine rings is 1. The van der Waals surface area contributed by atoms with Crippen LogP contribution < -0.4 is 9.47 Å². The van der Waals surface area contributed by atoms with E-state index in [1.54, 1.807) is 0 Å². The summed E-state index contributed by atoms with van der Waals surface area (Å²) in [5, 5.41) is 0. The fraction of sp³-hybridized carbons (Fsp3) is 0.300. The molecule has 0 radical (unpaired) electrons. The first-order chi connectivity index (χ1) is 15.1. The van der Waals surface area contributed by atoms with Crippen molar-refractivity contribution in [2.24, 2.45) is 0 Å². The average Bonchev–Trinajstić information content (AvgIpc) is 3.36. The first-order valence-electron chi connectivity index (χ1n) is 9.42. The average molecular weight is 470 g/mol. The van der Waals surface area contributed by atoms with E-state index in [1.807, 2.05) is 0 Å². The zero-order valence-electron chi connectivity index (χ0n) is 16.7. The quantitative estimate of drug-likeness (QED) is 0.509. The minimum atomic E-state index is -4.68. The second-order valence-electron chi connectivity index (χ2n) is 6.95. The van der Waals surface area contributed by atoms with Crippen LogP contribution in [0.1, 0.15) is 24.2 Å². The molecule has 2 aromatic heterocycles. The van der Waals surface area contributed by atoms with E-state index >= 15 is 0 Å². The first-order valence-corrected chi connectivity index (χ1v) is 10.9. The lowest BCUT2D eigenvalue weighted by molar-refractivity contribution is -0.141. The maximum Gasteiger partial charge on any atom is 0.433 e. The smallest absolute Gasteiger partial charge is 0.433 e. The summed E-state index contributed by atoms with van der Waals surface area (Å²) < 4.78 is 82.3. The molecular formula is C20H17F3N2O6S. The van der Waals surface area contributed by atoms with E-state index in [9.17, 15) is 26.4 Å². The number of carbonyl (C=O) groups excluding carboxylic acids is 1. The van der Waals surface area contributed by atoms with E-state index in [0.29, 0.717) is 5.75 Å². The Bertz CT molecular complexity index is 1300. The number of nitrogens with zero attached hydrogens (tertiary/aromatic N) is 2. The van der Waals surface area contributed by atoms with Gasteiger partial charge in [-0.3, -0.25) is 4.79 Å². The van der Waals surface area contributed by atoms with Gasteiger partial charge in [0.2, 0.25) is 6.79 Å². The molecule has 1 aromatic carbocycles. The number of aromatic nitrogens is 2. The Hall–Kier alpha value is -3.28. The van der Waals surface area contributed by atoms with Crippen LogP contribution in [0.25, 0.3) is 11.0 Å². The molecule has 0 amide bonds. The minimum absolute atomic E-state index is 0.0104. The van der Waals surface area contributed by atoms with Crippen molar-refractivity contribution in [1.29, 1.82) is 0 Å². The van der Waals surface area contributed by atoms with Crippen LogP contribution in [-0.2, 0) is 32.2 Å². The molecule has 0 spiro atoms. The molecule has 8 nitrogen and oxygen atoms in total. The molecule has 0 aliphatic carbocycles. The molecule has 32 heavy (non-hydrogen) atoms. The van der Waals surface area contributed by atoms with Gasteiger partial charge >= 0.3 is 12.1 Å². The third-order valence-electron chi connectivity index (χ3n) is 4.90. The van der Waals surface area contributed by atoms with Crippen molar-refractivity contribution < 1.29 is 40.6 Å². The van der Waals surface area contributed by atoms with E-state index < -0.39 is 27.9 Å². The molecule has 0 bridgehead atoms. The van der Waals surface area contributed by atoms with Gasteiger partial charge in [0.05, 0.1) is 23.0 Å². The van der Waals surface area contributed by atoms with E-state index in [0.717, 1.165) is 16.1 Å². The lowest BCUT2D eigenvalue weighted by atomic mass is 10.2. The minimum Gasteiger partial charge on any atom is -0.469 e. The lowest BCUT2D eigenvalue weighted by Crippen LogP contribution is -2.16. The van der Waals surface area contributed by atoms with Crippen molar-refractivity contribution in [2.45, 2.75) is 30.3 Å². The van der Waals surface area contributed by atoms with Crippen LogP contribution in [0.5, 0.6) is 11.5 Å². The second kappa shape index (κ2) is 8.01. The fourth-order valence-corrected chi connectivity index (χ4v) is 4.96. The molecule has 3 heterocycles. The van der Waals surface area contributed by atoms with Crippen LogP contribution in [0.2, 0.25) is 0 Å². The molecular weight excluding hydrogens is 453 g/mol. The highest BCUT2D eigenvalue weighted by Gasteiger charge is 2.34. The molecule has 0 saturated heterocycles. The number of fused-ring (bicyclic) bond motifs is 2. The van der Waals surface area contributed by atoms with E-state index in [1.165, 1.54) is 31.4 Å². The Morgan fingerprint density at radius 2 is 1.91 bits per heavy atom. The zero-order valence-corrected chi connectivity index (χ0v) is 17.5. The Morgan fingerprint density at radius 1 is 1.16 bits per heavy atom. The number of aryl methyl sites for hydroxylation is 1. The molecule has 0 N–H and O–H groups in total. The van der Waals surface area contributed by atoms with Gasteiger partial charge in [-0.25, -0.2) is 17.4 Å². The predicted octanol–water partition coefficient (Wildman–Crippen LogP) is 3.52.